The summed E-state index contributed by atoms with van der Waals surface area (Å²) in [4.78, 5) is 19.9. The van der Waals surface area contributed by atoms with Gasteiger partial charge in [-0.2, -0.15) is 0 Å². The third-order valence-electron chi connectivity index (χ3n) is 4.16. The molecule has 0 bridgehead atoms. The molecule has 7 nitrogen and oxygen atoms in total. The van der Waals surface area contributed by atoms with Crippen LogP contribution in [0.4, 0.5) is 4.39 Å². The zero-order valence-electron chi connectivity index (χ0n) is 16.0. The van der Waals surface area contributed by atoms with Crippen molar-refractivity contribution in [2.75, 3.05) is 40.6 Å². The van der Waals surface area contributed by atoms with E-state index in [-0.39, 0.29) is 29.2 Å². The highest BCUT2D eigenvalue weighted by Crippen LogP contribution is 2.32. The first-order chi connectivity index (χ1) is 14.0. The molecule has 0 atom stereocenters. The molecule has 0 spiro atoms. The lowest BCUT2D eigenvalue weighted by molar-refractivity contribution is 0.0539. The van der Waals surface area contributed by atoms with E-state index in [2.05, 4.69) is 9.97 Å². The summed E-state index contributed by atoms with van der Waals surface area (Å²) in [5.74, 6) is -0.829. The Bertz CT molecular complexity index is 1010. The Hall–Kier alpha value is -2.68. The van der Waals surface area contributed by atoms with Crippen molar-refractivity contribution in [3.63, 3.8) is 0 Å². The average molecular weight is 423 g/mol. The van der Waals surface area contributed by atoms with Crippen LogP contribution in [0.5, 0.6) is 11.5 Å². The number of benzene rings is 1. The molecule has 0 radical (unpaired) electrons. The number of aromatic nitrogens is 2. The molecule has 0 saturated carbocycles. The number of carbonyl (C=O) groups is 1. The van der Waals surface area contributed by atoms with Gasteiger partial charge in [-0.3, -0.25) is 4.79 Å². The fraction of sp³-hybridized carbons (Fsp3) is 0.300. The molecule has 2 heterocycles. The molecule has 1 N–H and O–H groups in total. The summed E-state index contributed by atoms with van der Waals surface area (Å²) in [5, 5.41) is 0.884. The van der Waals surface area contributed by atoms with Gasteiger partial charge in [0.1, 0.15) is 18.1 Å². The average Bonchev–Trinajstić information content (AvgIpc) is 3.13. The number of hydrogen-bond acceptors (Lipinski definition) is 6. The van der Waals surface area contributed by atoms with Gasteiger partial charge in [-0.25, -0.2) is 9.37 Å². The molecule has 9 heteroatoms. The number of nitrogens with zero attached hydrogens (tertiary/aromatic N) is 1. The Labute approximate surface area is 171 Å². The first kappa shape index (κ1) is 21.0. The number of ether oxygens (including phenoxy) is 4. The maximum absolute atomic E-state index is 14.7. The first-order valence-electron chi connectivity index (χ1n) is 8.79. The van der Waals surface area contributed by atoms with Crippen molar-refractivity contribution in [1.82, 2.24) is 9.97 Å². The van der Waals surface area contributed by atoms with Crippen molar-refractivity contribution < 1.29 is 28.1 Å². The Morgan fingerprint density at radius 1 is 1.10 bits per heavy atom. The molecule has 3 rings (SSSR count). The zero-order chi connectivity index (χ0) is 20.8. The van der Waals surface area contributed by atoms with Gasteiger partial charge < -0.3 is 23.9 Å². The Morgan fingerprint density at radius 2 is 1.90 bits per heavy atom. The summed E-state index contributed by atoms with van der Waals surface area (Å²) in [5.41, 5.74) is 0.598. The minimum atomic E-state index is -0.726. The number of nitrogens with one attached hydrogen (secondary N) is 1. The summed E-state index contributed by atoms with van der Waals surface area (Å²) in [6.45, 7) is 1.41. The number of carbonyl (C=O) groups excluding carboxylic acids is 1. The second kappa shape index (κ2) is 9.69. The minimum absolute atomic E-state index is 0.147. The largest absolute Gasteiger partial charge is 0.493 e. The second-order valence-electron chi connectivity index (χ2n) is 6.02. The van der Waals surface area contributed by atoms with Crippen LogP contribution in [0.1, 0.15) is 15.9 Å². The number of fused-ring (bicyclic) bond motifs is 1. The van der Waals surface area contributed by atoms with E-state index in [0.717, 1.165) is 6.07 Å². The van der Waals surface area contributed by atoms with E-state index in [0.29, 0.717) is 35.9 Å². The number of aromatic amines is 1. The van der Waals surface area contributed by atoms with Gasteiger partial charge in [0.2, 0.25) is 0 Å². The van der Waals surface area contributed by atoms with E-state index in [9.17, 15) is 9.18 Å². The van der Waals surface area contributed by atoms with Crippen LogP contribution in [-0.2, 0) is 9.47 Å². The number of hydrogen-bond donors (Lipinski definition) is 1. The summed E-state index contributed by atoms with van der Waals surface area (Å²) in [6.07, 6.45) is 2.94. The number of pyridine rings is 1. The van der Waals surface area contributed by atoms with E-state index in [1.165, 1.54) is 25.6 Å². The topological polar surface area (TPSA) is 82.7 Å². The highest BCUT2D eigenvalue weighted by molar-refractivity contribution is 6.31. The van der Waals surface area contributed by atoms with Gasteiger partial charge >= 0.3 is 0 Å². The molecule has 0 aliphatic carbocycles. The van der Waals surface area contributed by atoms with E-state index in [1.54, 1.807) is 13.2 Å². The summed E-state index contributed by atoms with van der Waals surface area (Å²) < 4.78 is 35.7. The monoisotopic (exact) mass is 422 g/mol. The molecular weight excluding hydrogens is 403 g/mol. The lowest BCUT2D eigenvalue weighted by Crippen LogP contribution is -2.11. The zero-order valence-corrected chi connectivity index (χ0v) is 16.7. The smallest absolute Gasteiger partial charge is 0.198 e. The van der Waals surface area contributed by atoms with Crippen molar-refractivity contribution in [2.45, 2.75) is 0 Å². The van der Waals surface area contributed by atoms with Gasteiger partial charge in [-0.15, -0.1) is 0 Å². The van der Waals surface area contributed by atoms with Gasteiger partial charge in [0.25, 0.3) is 0 Å². The summed E-state index contributed by atoms with van der Waals surface area (Å²) in [7, 11) is 3.00. The molecule has 0 amide bonds. The van der Waals surface area contributed by atoms with Crippen LogP contribution in [0.3, 0.4) is 0 Å². The standard InChI is InChI=1S/C20H20ClFN2O5/c1-26-3-4-28-5-6-29-18-9-16(22)14(8-17(18)27-2)19(25)15-11-24-20-13(15)7-12(21)10-23-20/h7-11H,3-6H2,1-2H3,(H,23,24). The number of methoxy groups -OCH3 is 2. The minimum Gasteiger partial charge on any atom is -0.493 e. The van der Waals surface area contributed by atoms with Crippen LogP contribution in [0.15, 0.2) is 30.6 Å². The first-order valence-corrected chi connectivity index (χ1v) is 9.17. The predicted molar refractivity (Wildman–Crippen MR) is 106 cm³/mol. The van der Waals surface area contributed by atoms with Crippen molar-refractivity contribution in [1.29, 1.82) is 0 Å². The van der Waals surface area contributed by atoms with Crippen molar-refractivity contribution in [3.05, 3.63) is 52.6 Å². The van der Waals surface area contributed by atoms with E-state index >= 15 is 0 Å². The molecule has 154 valence electrons. The highest BCUT2D eigenvalue weighted by atomic mass is 35.5. The summed E-state index contributed by atoms with van der Waals surface area (Å²) in [6, 6.07) is 4.04. The Kier molecular flexibility index (Phi) is 7.03. The van der Waals surface area contributed by atoms with Gasteiger partial charge in [-0.1, -0.05) is 11.6 Å². The molecule has 0 fully saturated rings. The fourth-order valence-electron chi connectivity index (χ4n) is 2.75. The van der Waals surface area contributed by atoms with Crippen molar-refractivity contribution >= 4 is 28.4 Å². The molecule has 0 unspecified atom stereocenters. The van der Waals surface area contributed by atoms with Crippen molar-refractivity contribution in [3.8, 4) is 11.5 Å². The highest BCUT2D eigenvalue weighted by Gasteiger charge is 2.21. The summed E-state index contributed by atoms with van der Waals surface area (Å²) >= 11 is 5.97. The van der Waals surface area contributed by atoms with Gasteiger partial charge in [0, 0.05) is 36.5 Å². The molecule has 0 saturated heterocycles. The molecule has 0 aliphatic rings. The van der Waals surface area contributed by atoms with Crippen LogP contribution < -0.4 is 9.47 Å². The van der Waals surface area contributed by atoms with Gasteiger partial charge in [-0.05, 0) is 12.1 Å². The molecule has 1 aromatic carbocycles. The normalized spacial score (nSPS) is 11.0. The van der Waals surface area contributed by atoms with Crippen LogP contribution in [-0.4, -0.2) is 56.4 Å². The SMILES string of the molecule is COCCOCCOc1cc(F)c(C(=O)c2c[nH]c3ncc(Cl)cc23)cc1OC. The molecule has 0 aliphatic heterocycles. The van der Waals surface area contributed by atoms with Crippen LogP contribution in [0, 0.1) is 5.82 Å². The van der Waals surface area contributed by atoms with Crippen LogP contribution in [0.25, 0.3) is 11.0 Å². The predicted octanol–water partition coefficient (Wildman–Crippen LogP) is 3.64. The maximum atomic E-state index is 14.7. The van der Waals surface area contributed by atoms with Crippen LogP contribution >= 0.6 is 11.6 Å². The number of H-pyrrole nitrogens is 1. The molecule has 2 aromatic heterocycles. The Morgan fingerprint density at radius 3 is 2.66 bits per heavy atom. The molecule has 3 aromatic rings. The van der Waals surface area contributed by atoms with Gasteiger partial charge in [0.05, 0.1) is 37.5 Å². The number of halogens is 2. The Balaban J connectivity index is 1.80. The molecular formula is C20H20ClFN2O5. The maximum Gasteiger partial charge on any atom is 0.198 e. The second-order valence-corrected chi connectivity index (χ2v) is 6.45. The quantitative estimate of drug-likeness (QED) is 0.397. The lowest BCUT2D eigenvalue weighted by Gasteiger charge is -2.13. The van der Waals surface area contributed by atoms with Crippen molar-refractivity contribution in [2.24, 2.45) is 0 Å². The number of ketones is 1. The lowest BCUT2D eigenvalue weighted by atomic mass is 10.0. The number of rotatable bonds is 10. The third-order valence-corrected chi connectivity index (χ3v) is 4.36. The third kappa shape index (κ3) is 4.84. The van der Waals surface area contributed by atoms with E-state index < -0.39 is 11.6 Å². The molecule has 29 heavy (non-hydrogen) atoms. The van der Waals surface area contributed by atoms with E-state index in [4.69, 9.17) is 30.5 Å². The van der Waals surface area contributed by atoms with Crippen LogP contribution in [0.2, 0.25) is 5.02 Å². The van der Waals surface area contributed by atoms with E-state index in [1.807, 2.05) is 0 Å². The fourth-order valence-corrected chi connectivity index (χ4v) is 2.91. The van der Waals surface area contributed by atoms with Gasteiger partial charge in [0.15, 0.2) is 17.3 Å².